The van der Waals surface area contributed by atoms with E-state index in [2.05, 4.69) is 26.2 Å². The van der Waals surface area contributed by atoms with Gasteiger partial charge in [0.2, 0.25) is 11.8 Å². The van der Waals surface area contributed by atoms with Crippen LogP contribution >= 0.6 is 15.9 Å². The van der Waals surface area contributed by atoms with E-state index in [1.54, 1.807) is 20.0 Å². The summed E-state index contributed by atoms with van der Waals surface area (Å²) in [6, 6.07) is 15.8. The Hall–Kier alpha value is -3.46. The smallest absolute Gasteiger partial charge is 0.328 e. The molecule has 2 amide bonds. The van der Waals surface area contributed by atoms with Gasteiger partial charge in [0.25, 0.3) is 5.56 Å². The third kappa shape index (κ3) is 5.82. The molecular formula is C23H23BrN4O4. The zero-order valence-corrected chi connectivity index (χ0v) is 19.3. The Morgan fingerprint density at radius 3 is 2.53 bits per heavy atom. The number of H-pyrrole nitrogens is 1. The van der Waals surface area contributed by atoms with E-state index in [4.69, 9.17) is 0 Å². The first-order valence-electron chi connectivity index (χ1n) is 9.91. The van der Waals surface area contributed by atoms with Crippen molar-refractivity contribution in [1.29, 1.82) is 0 Å². The van der Waals surface area contributed by atoms with Gasteiger partial charge in [0, 0.05) is 35.4 Å². The van der Waals surface area contributed by atoms with E-state index in [1.807, 2.05) is 48.5 Å². The molecule has 9 heteroatoms. The third-order valence-electron chi connectivity index (χ3n) is 4.94. The molecule has 32 heavy (non-hydrogen) atoms. The van der Waals surface area contributed by atoms with E-state index >= 15 is 0 Å². The number of benzene rings is 2. The molecule has 3 aromatic rings. The second-order valence-electron chi connectivity index (χ2n) is 7.39. The molecule has 0 aliphatic rings. The SMILES string of the molecule is Cc1cn(CC(=O)NC(Cc2ccccc2)C(=O)N(C)c2cccc(Br)c2)c(=O)[nH]c1=O. The number of aromatic nitrogens is 2. The number of aromatic amines is 1. The van der Waals surface area contributed by atoms with E-state index in [9.17, 15) is 19.2 Å². The average Bonchev–Trinajstić information content (AvgIpc) is 2.76. The predicted molar refractivity (Wildman–Crippen MR) is 126 cm³/mol. The largest absolute Gasteiger partial charge is 0.342 e. The van der Waals surface area contributed by atoms with Gasteiger partial charge in [-0.2, -0.15) is 0 Å². The lowest BCUT2D eigenvalue weighted by Crippen LogP contribution is -2.50. The Bertz CT molecular complexity index is 1240. The standard InChI is InChI=1S/C23H23BrN4O4/c1-15-13-28(23(32)26-21(15)30)14-20(29)25-19(11-16-7-4-3-5-8-16)22(31)27(2)18-10-6-9-17(24)12-18/h3-10,12-13,19H,11,14H2,1-2H3,(H,25,29)(H,26,30,32). The Kier molecular flexibility index (Phi) is 7.42. The van der Waals surface area contributed by atoms with E-state index in [0.717, 1.165) is 14.6 Å². The molecule has 3 rings (SSSR count). The Morgan fingerprint density at radius 1 is 1.12 bits per heavy atom. The number of nitrogens with zero attached hydrogens (tertiary/aromatic N) is 2. The van der Waals surface area contributed by atoms with Gasteiger partial charge in [0.15, 0.2) is 0 Å². The van der Waals surface area contributed by atoms with Crippen molar-refractivity contribution < 1.29 is 9.59 Å². The van der Waals surface area contributed by atoms with Crippen molar-refractivity contribution in [2.24, 2.45) is 0 Å². The summed E-state index contributed by atoms with van der Waals surface area (Å²) in [5.41, 5.74) is 0.672. The molecule has 0 saturated carbocycles. The maximum atomic E-state index is 13.3. The van der Waals surface area contributed by atoms with Crippen LogP contribution in [0.15, 0.2) is 74.9 Å². The van der Waals surface area contributed by atoms with Gasteiger partial charge in [-0.25, -0.2) is 4.79 Å². The van der Waals surface area contributed by atoms with Gasteiger partial charge in [-0.05, 0) is 30.7 Å². The summed E-state index contributed by atoms with van der Waals surface area (Å²) in [6.07, 6.45) is 1.60. The molecule has 1 atom stereocenters. The number of carbonyl (C=O) groups is 2. The van der Waals surface area contributed by atoms with Crippen molar-refractivity contribution in [3.63, 3.8) is 0 Å². The molecule has 166 valence electrons. The number of rotatable bonds is 7. The number of anilines is 1. The fourth-order valence-corrected chi connectivity index (χ4v) is 3.61. The van der Waals surface area contributed by atoms with Gasteiger partial charge in [-0.15, -0.1) is 0 Å². The van der Waals surface area contributed by atoms with Crippen molar-refractivity contribution in [3.05, 3.63) is 97.2 Å². The molecule has 1 heterocycles. The summed E-state index contributed by atoms with van der Waals surface area (Å²) in [4.78, 5) is 53.2. The number of likely N-dealkylation sites (N-methyl/N-ethyl adjacent to an activating group) is 1. The highest BCUT2D eigenvalue weighted by Gasteiger charge is 2.25. The summed E-state index contributed by atoms with van der Waals surface area (Å²) < 4.78 is 1.93. The maximum absolute atomic E-state index is 13.3. The van der Waals surface area contributed by atoms with Crippen LogP contribution in [0.3, 0.4) is 0 Å². The van der Waals surface area contributed by atoms with Crippen LogP contribution in [0.25, 0.3) is 0 Å². The normalized spacial score (nSPS) is 11.6. The predicted octanol–water partition coefficient (Wildman–Crippen LogP) is 2.00. The minimum atomic E-state index is -0.853. The molecule has 0 radical (unpaired) electrons. The molecule has 0 bridgehead atoms. The third-order valence-corrected chi connectivity index (χ3v) is 5.44. The summed E-state index contributed by atoms with van der Waals surface area (Å²) in [5, 5.41) is 2.75. The lowest BCUT2D eigenvalue weighted by Gasteiger charge is -2.25. The van der Waals surface area contributed by atoms with E-state index in [0.29, 0.717) is 11.3 Å². The van der Waals surface area contributed by atoms with Crippen molar-refractivity contribution in [2.45, 2.75) is 25.9 Å². The molecule has 2 aromatic carbocycles. The van der Waals surface area contributed by atoms with Gasteiger partial charge >= 0.3 is 5.69 Å². The molecule has 0 aliphatic heterocycles. The molecule has 0 fully saturated rings. The van der Waals surface area contributed by atoms with Crippen LogP contribution in [-0.2, 0) is 22.6 Å². The minimum Gasteiger partial charge on any atom is -0.342 e. The van der Waals surface area contributed by atoms with Gasteiger partial charge in [-0.1, -0.05) is 52.3 Å². The van der Waals surface area contributed by atoms with Crippen molar-refractivity contribution in [2.75, 3.05) is 11.9 Å². The van der Waals surface area contributed by atoms with Crippen LogP contribution in [0.4, 0.5) is 5.69 Å². The average molecular weight is 499 g/mol. The molecule has 0 saturated heterocycles. The molecule has 2 N–H and O–H groups in total. The molecule has 0 spiro atoms. The molecule has 1 unspecified atom stereocenters. The quantitative estimate of drug-likeness (QED) is 0.519. The van der Waals surface area contributed by atoms with Crippen molar-refractivity contribution in [1.82, 2.24) is 14.9 Å². The van der Waals surface area contributed by atoms with Crippen LogP contribution in [0.5, 0.6) is 0 Å². The lowest BCUT2D eigenvalue weighted by atomic mass is 10.0. The molecule has 0 aliphatic carbocycles. The second kappa shape index (κ2) is 10.2. The van der Waals surface area contributed by atoms with Crippen LogP contribution in [0.2, 0.25) is 0 Å². The van der Waals surface area contributed by atoms with Crippen molar-refractivity contribution >= 4 is 33.4 Å². The van der Waals surface area contributed by atoms with Gasteiger partial charge in [0.05, 0.1) is 0 Å². The summed E-state index contributed by atoms with van der Waals surface area (Å²) in [6.45, 7) is 1.22. The summed E-state index contributed by atoms with van der Waals surface area (Å²) >= 11 is 3.40. The number of hydrogen-bond donors (Lipinski definition) is 2. The first kappa shape index (κ1) is 23.2. The highest BCUT2D eigenvalue weighted by atomic mass is 79.9. The number of hydrogen-bond acceptors (Lipinski definition) is 4. The fraction of sp³-hybridized carbons (Fsp3) is 0.217. The van der Waals surface area contributed by atoms with Crippen LogP contribution < -0.4 is 21.5 Å². The first-order chi connectivity index (χ1) is 15.2. The Balaban J connectivity index is 1.83. The van der Waals surface area contributed by atoms with Gasteiger partial charge in [-0.3, -0.25) is 23.9 Å². The van der Waals surface area contributed by atoms with E-state index in [-0.39, 0.29) is 18.9 Å². The van der Waals surface area contributed by atoms with Crippen LogP contribution in [-0.4, -0.2) is 34.5 Å². The second-order valence-corrected chi connectivity index (χ2v) is 8.30. The van der Waals surface area contributed by atoms with E-state index in [1.165, 1.54) is 11.1 Å². The number of aryl methyl sites for hydroxylation is 1. The molecular weight excluding hydrogens is 476 g/mol. The maximum Gasteiger partial charge on any atom is 0.328 e. The number of halogens is 1. The topological polar surface area (TPSA) is 104 Å². The zero-order chi connectivity index (χ0) is 23.3. The highest BCUT2D eigenvalue weighted by Crippen LogP contribution is 2.20. The monoisotopic (exact) mass is 498 g/mol. The lowest BCUT2D eigenvalue weighted by molar-refractivity contribution is -0.127. The summed E-state index contributed by atoms with van der Waals surface area (Å²) in [7, 11) is 1.64. The highest BCUT2D eigenvalue weighted by molar-refractivity contribution is 9.10. The van der Waals surface area contributed by atoms with Gasteiger partial charge < -0.3 is 10.2 Å². The molecule has 1 aromatic heterocycles. The fourth-order valence-electron chi connectivity index (χ4n) is 3.23. The minimum absolute atomic E-state index is 0.281. The van der Waals surface area contributed by atoms with Crippen molar-refractivity contribution in [3.8, 4) is 0 Å². The number of carbonyl (C=O) groups excluding carboxylic acids is 2. The summed E-state index contributed by atoms with van der Waals surface area (Å²) in [5.74, 6) is -0.819. The Morgan fingerprint density at radius 2 is 1.84 bits per heavy atom. The molecule has 8 nitrogen and oxygen atoms in total. The zero-order valence-electron chi connectivity index (χ0n) is 17.7. The van der Waals surface area contributed by atoms with Crippen LogP contribution in [0.1, 0.15) is 11.1 Å². The Labute approximate surface area is 193 Å². The number of amides is 2. The van der Waals surface area contributed by atoms with Gasteiger partial charge in [0.1, 0.15) is 12.6 Å². The first-order valence-corrected chi connectivity index (χ1v) is 10.7. The van der Waals surface area contributed by atoms with E-state index < -0.39 is 23.2 Å². The number of nitrogens with one attached hydrogen (secondary N) is 2. The van der Waals surface area contributed by atoms with Crippen LogP contribution in [0, 0.1) is 6.92 Å².